The minimum absolute atomic E-state index is 0. The zero-order chi connectivity index (χ0) is 16.4. The van der Waals surface area contributed by atoms with Gasteiger partial charge in [-0.1, -0.05) is 30.3 Å². The molecule has 5 nitrogen and oxygen atoms in total. The van der Waals surface area contributed by atoms with Gasteiger partial charge in [0.1, 0.15) is 0 Å². The number of carbonyl (C=O) groups is 1. The Morgan fingerprint density at radius 2 is 1.85 bits per heavy atom. The third-order valence-electron chi connectivity index (χ3n) is 5.14. The van der Waals surface area contributed by atoms with Crippen molar-refractivity contribution in [1.29, 1.82) is 0 Å². The van der Waals surface area contributed by atoms with E-state index in [0.29, 0.717) is 30.6 Å². The van der Waals surface area contributed by atoms with E-state index < -0.39 is 0 Å². The maximum atomic E-state index is 12.3. The van der Waals surface area contributed by atoms with Crippen LogP contribution in [0.15, 0.2) is 40.9 Å². The largest absolute Gasteiger partial charge is 0.441 e. The Kier molecular flexibility index (Phi) is 7.50. The summed E-state index contributed by atoms with van der Waals surface area (Å²) in [6.45, 7) is 3.97. The fourth-order valence-corrected chi connectivity index (χ4v) is 3.77. The minimum Gasteiger partial charge on any atom is -0.441 e. The number of aryl methyl sites for hydroxylation is 1. The lowest BCUT2D eigenvalue weighted by Gasteiger charge is -2.17. The summed E-state index contributed by atoms with van der Waals surface area (Å²) in [5.74, 6) is 3.10. The van der Waals surface area contributed by atoms with Gasteiger partial charge in [-0.15, -0.1) is 24.8 Å². The van der Waals surface area contributed by atoms with E-state index in [0.717, 1.165) is 43.9 Å². The minimum atomic E-state index is 0. The topological polar surface area (TPSA) is 58.4 Å². The van der Waals surface area contributed by atoms with Gasteiger partial charge in [0.15, 0.2) is 11.7 Å². The summed E-state index contributed by atoms with van der Waals surface area (Å²) in [5.41, 5.74) is 1.03. The molecule has 1 amide bonds. The van der Waals surface area contributed by atoms with Gasteiger partial charge in [-0.3, -0.25) is 4.79 Å². The van der Waals surface area contributed by atoms with Crippen molar-refractivity contribution in [3.05, 3.63) is 42.4 Å². The molecule has 1 aromatic heterocycles. The standard InChI is InChI=1S/C19H23N3O2.2ClH/c23-19(22-12-15-9-20-10-16(15)13-22)8-4-7-18-21-11-17(24-18)14-5-2-1-3-6-14;;/h1-3,5-6,11,15-16,20H,4,7-10,12-13H2;2*1H/t15-,16+;;. The Morgan fingerprint density at radius 3 is 2.54 bits per heavy atom. The molecule has 26 heavy (non-hydrogen) atoms. The molecule has 4 rings (SSSR count). The summed E-state index contributed by atoms with van der Waals surface area (Å²) >= 11 is 0. The highest BCUT2D eigenvalue weighted by atomic mass is 35.5. The molecule has 2 aromatic rings. The number of oxazole rings is 1. The number of nitrogens with zero attached hydrogens (tertiary/aromatic N) is 2. The first-order valence-corrected chi connectivity index (χ1v) is 8.78. The Bertz CT molecular complexity index is 696. The molecule has 2 saturated heterocycles. The molecule has 0 radical (unpaired) electrons. The van der Waals surface area contributed by atoms with Gasteiger partial charge >= 0.3 is 0 Å². The van der Waals surface area contributed by atoms with Crippen LogP contribution in [0.4, 0.5) is 0 Å². The van der Waals surface area contributed by atoms with E-state index in [2.05, 4.69) is 10.3 Å². The third kappa shape index (κ3) is 4.58. The molecule has 1 N–H and O–H groups in total. The summed E-state index contributed by atoms with van der Waals surface area (Å²) in [4.78, 5) is 18.7. The molecule has 0 unspecified atom stereocenters. The highest BCUT2D eigenvalue weighted by molar-refractivity contribution is 5.85. The molecular formula is C19H25Cl2N3O2. The van der Waals surface area contributed by atoms with Crippen molar-refractivity contribution in [2.75, 3.05) is 26.2 Å². The molecule has 0 saturated carbocycles. The number of hydrogen-bond donors (Lipinski definition) is 1. The number of aromatic nitrogens is 1. The summed E-state index contributed by atoms with van der Waals surface area (Å²) in [7, 11) is 0. The van der Waals surface area contributed by atoms with Gasteiger partial charge in [0, 0.05) is 44.6 Å². The summed E-state index contributed by atoms with van der Waals surface area (Å²) < 4.78 is 5.79. The zero-order valence-corrected chi connectivity index (χ0v) is 16.2. The van der Waals surface area contributed by atoms with Gasteiger partial charge in [-0.2, -0.15) is 0 Å². The molecule has 0 spiro atoms. The first-order chi connectivity index (χ1) is 11.8. The van der Waals surface area contributed by atoms with Crippen LogP contribution in [0.25, 0.3) is 11.3 Å². The maximum absolute atomic E-state index is 12.3. The van der Waals surface area contributed by atoms with Crippen molar-refractivity contribution in [1.82, 2.24) is 15.2 Å². The van der Waals surface area contributed by atoms with E-state index in [1.165, 1.54) is 0 Å². The van der Waals surface area contributed by atoms with Crippen LogP contribution >= 0.6 is 24.8 Å². The number of fused-ring (bicyclic) bond motifs is 1. The SMILES string of the molecule is Cl.Cl.O=C(CCCc1ncc(-c2ccccc2)o1)N1C[C@H]2CNC[C@H]2C1. The Balaban J connectivity index is 0.00000121. The summed E-state index contributed by atoms with van der Waals surface area (Å²) in [5, 5.41) is 3.41. The second-order valence-corrected chi connectivity index (χ2v) is 6.81. The van der Waals surface area contributed by atoms with Gasteiger partial charge in [-0.05, 0) is 18.3 Å². The van der Waals surface area contributed by atoms with Crippen LogP contribution in [0.5, 0.6) is 0 Å². The van der Waals surface area contributed by atoms with Crippen LogP contribution in [-0.4, -0.2) is 42.0 Å². The number of likely N-dealkylation sites (tertiary alicyclic amines) is 1. The molecular weight excluding hydrogens is 373 g/mol. The predicted molar refractivity (Wildman–Crippen MR) is 106 cm³/mol. The highest BCUT2D eigenvalue weighted by Gasteiger charge is 2.37. The van der Waals surface area contributed by atoms with Crippen molar-refractivity contribution < 1.29 is 9.21 Å². The van der Waals surface area contributed by atoms with E-state index in [9.17, 15) is 4.79 Å². The maximum Gasteiger partial charge on any atom is 0.222 e. The third-order valence-corrected chi connectivity index (χ3v) is 5.14. The van der Waals surface area contributed by atoms with Crippen molar-refractivity contribution in [3.8, 4) is 11.3 Å². The Labute approximate surface area is 166 Å². The number of benzene rings is 1. The average Bonchev–Trinajstić information content (AvgIpc) is 3.31. The first kappa shape index (κ1) is 20.7. The lowest BCUT2D eigenvalue weighted by Crippen LogP contribution is -2.31. The van der Waals surface area contributed by atoms with Crippen molar-refractivity contribution in [2.24, 2.45) is 11.8 Å². The number of halogens is 2. The van der Waals surface area contributed by atoms with Crippen LogP contribution in [0, 0.1) is 11.8 Å². The molecule has 142 valence electrons. The molecule has 1 aromatic carbocycles. The Hall–Kier alpha value is -1.56. The van der Waals surface area contributed by atoms with Gasteiger partial charge in [-0.25, -0.2) is 4.98 Å². The average molecular weight is 398 g/mol. The van der Waals surface area contributed by atoms with E-state index in [-0.39, 0.29) is 30.7 Å². The monoisotopic (exact) mass is 397 g/mol. The number of hydrogen-bond acceptors (Lipinski definition) is 4. The Morgan fingerprint density at radius 1 is 1.15 bits per heavy atom. The highest BCUT2D eigenvalue weighted by Crippen LogP contribution is 2.27. The second kappa shape index (κ2) is 9.40. The quantitative estimate of drug-likeness (QED) is 0.841. The van der Waals surface area contributed by atoms with Gasteiger partial charge < -0.3 is 14.6 Å². The molecule has 0 bridgehead atoms. The molecule has 2 atom stereocenters. The second-order valence-electron chi connectivity index (χ2n) is 6.81. The van der Waals surface area contributed by atoms with E-state index in [1.54, 1.807) is 6.20 Å². The number of amides is 1. The summed E-state index contributed by atoms with van der Waals surface area (Å²) in [6, 6.07) is 9.96. The lowest BCUT2D eigenvalue weighted by atomic mass is 10.0. The lowest BCUT2D eigenvalue weighted by molar-refractivity contribution is -0.130. The van der Waals surface area contributed by atoms with Crippen LogP contribution in [-0.2, 0) is 11.2 Å². The fourth-order valence-electron chi connectivity index (χ4n) is 3.77. The van der Waals surface area contributed by atoms with Crippen molar-refractivity contribution >= 4 is 30.7 Å². The molecule has 0 aliphatic carbocycles. The van der Waals surface area contributed by atoms with Crippen molar-refractivity contribution in [3.63, 3.8) is 0 Å². The molecule has 2 fully saturated rings. The molecule has 3 heterocycles. The van der Waals surface area contributed by atoms with E-state index >= 15 is 0 Å². The van der Waals surface area contributed by atoms with Gasteiger partial charge in [0.25, 0.3) is 0 Å². The fraction of sp³-hybridized carbons (Fsp3) is 0.474. The van der Waals surface area contributed by atoms with Crippen LogP contribution in [0.2, 0.25) is 0 Å². The predicted octanol–water partition coefficient (Wildman–Crippen LogP) is 3.19. The van der Waals surface area contributed by atoms with E-state index in [1.807, 2.05) is 35.2 Å². The van der Waals surface area contributed by atoms with Crippen molar-refractivity contribution in [2.45, 2.75) is 19.3 Å². The van der Waals surface area contributed by atoms with Crippen LogP contribution < -0.4 is 5.32 Å². The molecule has 7 heteroatoms. The van der Waals surface area contributed by atoms with Gasteiger partial charge in [0.2, 0.25) is 5.91 Å². The first-order valence-electron chi connectivity index (χ1n) is 8.78. The zero-order valence-electron chi connectivity index (χ0n) is 14.6. The van der Waals surface area contributed by atoms with Crippen LogP contribution in [0.3, 0.4) is 0 Å². The van der Waals surface area contributed by atoms with Gasteiger partial charge in [0.05, 0.1) is 6.20 Å². The number of carbonyl (C=O) groups excluding carboxylic acids is 1. The molecule has 2 aliphatic heterocycles. The van der Waals surface area contributed by atoms with E-state index in [4.69, 9.17) is 4.42 Å². The smallest absolute Gasteiger partial charge is 0.222 e. The molecule has 2 aliphatic rings. The number of rotatable bonds is 5. The van der Waals surface area contributed by atoms with Crippen LogP contribution in [0.1, 0.15) is 18.7 Å². The number of nitrogens with one attached hydrogen (secondary N) is 1. The summed E-state index contributed by atoms with van der Waals surface area (Å²) in [6.07, 6.45) is 3.84. The normalized spacial score (nSPS) is 21.0.